The van der Waals surface area contributed by atoms with Gasteiger partial charge in [-0.25, -0.2) is 13.8 Å². The molecule has 0 atom stereocenters. The minimum atomic E-state index is -0.576. The number of nitrogens with zero attached hydrogens (tertiary/aromatic N) is 2. The summed E-state index contributed by atoms with van der Waals surface area (Å²) >= 11 is 0. The zero-order valence-electron chi connectivity index (χ0n) is 8.80. The Morgan fingerprint density at radius 3 is 2.75 bits per heavy atom. The quantitative estimate of drug-likeness (QED) is 0.866. The Morgan fingerprint density at radius 2 is 2.12 bits per heavy atom. The van der Waals surface area contributed by atoms with Gasteiger partial charge in [-0.15, -0.1) is 0 Å². The summed E-state index contributed by atoms with van der Waals surface area (Å²) in [6.07, 6.45) is 1.02. The second-order valence-electron chi connectivity index (χ2n) is 3.46. The smallest absolute Gasteiger partial charge is 0.150 e. The molecule has 84 valence electrons. The van der Waals surface area contributed by atoms with Crippen LogP contribution < -0.4 is 0 Å². The van der Waals surface area contributed by atoms with Gasteiger partial charge in [0, 0.05) is 18.9 Å². The molecule has 2 aromatic rings. The summed E-state index contributed by atoms with van der Waals surface area (Å²) in [5.41, 5.74) is 0.403. The average molecular weight is 223 g/mol. The van der Waals surface area contributed by atoms with Crippen molar-refractivity contribution >= 4 is 0 Å². The van der Waals surface area contributed by atoms with Gasteiger partial charge in [-0.05, 0) is 11.6 Å². The normalized spacial score (nSPS) is 10.7. The van der Waals surface area contributed by atoms with Crippen molar-refractivity contribution in [2.75, 3.05) is 0 Å². The van der Waals surface area contributed by atoms with E-state index in [9.17, 15) is 8.78 Å². The van der Waals surface area contributed by atoms with E-state index in [0.717, 1.165) is 12.5 Å². The van der Waals surface area contributed by atoms with Gasteiger partial charge in [0.15, 0.2) is 0 Å². The maximum absolute atomic E-state index is 13.3. The van der Waals surface area contributed by atoms with Crippen molar-refractivity contribution < 1.29 is 8.78 Å². The van der Waals surface area contributed by atoms with Crippen molar-refractivity contribution in [2.45, 2.75) is 19.8 Å². The van der Waals surface area contributed by atoms with E-state index in [1.165, 1.54) is 12.1 Å². The first kappa shape index (κ1) is 10.7. The Morgan fingerprint density at radius 1 is 1.31 bits per heavy atom. The van der Waals surface area contributed by atoms with Crippen LogP contribution in [-0.4, -0.2) is 15.2 Å². The summed E-state index contributed by atoms with van der Waals surface area (Å²) < 4.78 is 26.0. The molecule has 2 rings (SSSR count). The summed E-state index contributed by atoms with van der Waals surface area (Å²) in [5, 5.41) is 6.67. The van der Waals surface area contributed by atoms with E-state index in [1.807, 2.05) is 6.92 Å². The fourth-order valence-electron chi connectivity index (χ4n) is 1.42. The minimum absolute atomic E-state index is 0.291. The Labute approximate surface area is 91.5 Å². The zero-order valence-corrected chi connectivity index (χ0v) is 8.80. The molecule has 0 aliphatic carbocycles. The highest BCUT2D eigenvalue weighted by atomic mass is 19.1. The molecule has 0 unspecified atom stereocenters. The molecule has 0 fully saturated rings. The van der Waals surface area contributed by atoms with Crippen LogP contribution in [0.15, 0.2) is 18.2 Å². The molecular formula is C11H11F2N3. The molecule has 1 N–H and O–H groups in total. The summed E-state index contributed by atoms with van der Waals surface area (Å²) in [6, 6.07) is 3.51. The Kier molecular flexibility index (Phi) is 2.94. The lowest BCUT2D eigenvalue weighted by Gasteiger charge is -1.99. The van der Waals surface area contributed by atoms with E-state index in [4.69, 9.17) is 0 Å². The number of aryl methyl sites for hydroxylation is 1. The molecule has 0 saturated heterocycles. The topological polar surface area (TPSA) is 41.6 Å². The number of aromatic amines is 1. The monoisotopic (exact) mass is 223 g/mol. The standard InChI is InChI=1S/C11H11F2N3/c1-2-10-14-11(16-15-10)5-7-3-4-8(12)6-9(7)13/h3-4,6H,2,5H2,1H3,(H,14,15,16). The second-order valence-corrected chi connectivity index (χ2v) is 3.46. The van der Waals surface area contributed by atoms with E-state index in [0.29, 0.717) is 23.6 Å². The molecular weight excluding hydrogens is 212 g/mol. The molecule has 0 saturated carbocycles. The van der Waals surface area contributed by atoms with Crippen LogP contribution in [0.25, 0.3) is 0 Å². The SMILES string of the molecule is CCc1n[nH]c(Cc2ccc(F)cc2F)n1. The number of hydrogen-bond acceptors (Lipinski definition) is 2. The molecule has 0 aliphatic rings. The number of nitrogens with one attached hydrogen (secondary N) is 1. The van der Waals surface area contributed by atoms with Gasteiger partial charge >= 0.3 is 0 Å². The molecule has 0 radical (unpaired) electrons. The van der Waals surface area contributed by atoms with Crippen molar-refractivity contribution in [3.8, 4) is 0 Å². The predicted molar refractivity (Wildman–Crippen MR) is 54.9 cm³/mol. The van der Waals surface area contributed by atoms with Gasteiger partial charge in [0.1, 0.15) is 23.3 Å². The first-order chi connectivity index (χ1) is 7.69. The third kappa shape index (κ3) is 2.24. The fraction of sp³-hybridized carbons (Fsp3) is 0.273. The van der Waals surface area contributed by atoms with Crippen LogP contribution in [0.4, 0.5) is 8.78 Å². The molecule has 5 heteroatoms. The molecule has 0 aliphatic heterocycles. The van der Waals surface area contributed by atoms with Crippen LogP contribution in [0.3, 0.4) is 0 Å². The van der Waals surface area contributed by atoms with Crippen LogP contribution >= 0.6 is 0 Å². The van der Waals surface area contributed by atoms with Gasteiger partial charge in [0.2, 0.25) is 0 Å². The Balaban J connectivity index is 2.20. The van der Waals surface area contributed by atoms with Gasteiger partial charge in [-0.3, -0.25) is 5.10 Å². The lowest BCUT2D eigenvalue weighted by atomic mass is 10.1. The summed E-state index contributed by atoms with van der Waals surface area (Å²) in [4.78, 5) is 4.16. The molecule has 0 spiro atoms. The van der Waals surface area contributed by atoms with Crippen LogP contribution in [0.1, 0.15) is 24.1 Å². The van der Waals surface area contributed by atoms with Crippen molar-refractivity contribution in [3.63, 3.8) is 0 Å². The third-order valence-corrected chi connectivity index (χ3v) is 2.27. The maximum Gasteiger partial charge on any atom is 0.150 e. The number of hydrogen-bond donors (Lipinski definition) is 1. The number of aromatic nitrogens is 3. The number of H-pyrrole nitrogens is 1. The average Bonchev–Trinajstić information content (AvgIpc) is 2.70. The summed E-state index contributed by atoms with van der Waals surface area (Å²) in [6.45, 7) is 1.94. The van der Waals surface area contributed by atoms with E-state index in [2.05, 4.69) is 15.2 Å². The molecule has 1 heterocycles. The Hall–Kier alpha value is -1.78. The lowest BCUT2D eigenvalue weighted by Crippen LogP contribution is -1.95. The molecule has 0 amide bonds. The highest BCUT2D eigenvalue weighted by Gasteiger charge is 2.07. The van der Waals surface area contributed by atoms with E-state index in [1.54, 1.807) is 0 Å². The summed E-state index contributed by atoms with van der Waals surface area (Å²) in [5.74, 6) is 0.141. The molecule has 1 aromatic carbocycles. The molecule has 0 bridgehead atoms. The van der Waals surface area contributed by atoms with Crippen molar-refractivity contribution in [1.82, 2.24) is 15.2 Å². The maximum atomic E-state index is 13.3. The van der Waals surface area contributed by atoms with Crippen LogP contribution in [0.2, 0.25) is 0 Å². The Bertz CT molecular complexity index is 494. The third-order valence-electron chi connectivity index (χ3n) is 2.27. The lowest BCUT2D eigenvalue weighted by molar-refractivity contribution is 0.573. The minimum Gasteiger partial charge on any atom is -0.263 e. The van der Waals surface area contributed by atoms with E-state index < -0.39 is 11.6 Å². The fourth-order valence-corrected chi connectivity index (χ4v) is 1.42. The van der Waals surface area contributed by atoms with E-state index >= 15 is 0 Å². The van der Waals surface area contributed by atoms with Gasteiger partial charge in [0.05, 0.1) is 0 Å². The van der Waals surface area contributed by atoms with Gasteiger partial charge in [-0.2, -0.15) is 5.10 Å². The highest BCUT2D eigenvalue weighted by molar-refractivity contribution is 5.21. The van der Waals surface area contributed by atoms with E-state index in [-0.39, 0.29) is 0 Å². The molecule has 1 aromatic heterocycles. The number of rotatable bonds is 3. The number of benzene rings is 1. The molecule has 16 heavy (non-hydrogen) atoms. The van der Waals surface area contributed by atoms with Crippen LogP contribution in [0, 0.1) is 11.6 Å². The summed E-state index contributed by atoms with van der Waals surface area (Å²) in [7, 11) is 0. The largest absolute Gasteiger partial charge is 0.263 e. The first-order valence-electron chi connectivity index (χ1n) is 5.03. The second kappa shape index (κ2) is 4.38. The van der Waals surface area contributed by atoms with Gasteiger partial charge in [0.25, 0.3) is 0 Å². The van der Waals surface area contributed by atoms with Crippen LogP contribution in [-0.2, 0) is 12.8 Å². The van der Waals surface area contributed by atoms with Crippen molar-refractivity contribution in [3.05, 3.63) is 47.0 Å². The van der Waals surface area contributed by atoms with Crippen LogP contribution in [0.5, 0.6) is 0 Å². The highest BCUT2D eigenvalue weighted by Crippen LogP contribution is 2.12. The number of halogens is 2. The van der Waals surface area contributed by atoms with Crippen molar-refractivity contribution in [2.24, 2.45) is 0 Å². The van der Waals surface area contributed by atoms with Gasteiger partial charge in [-0.1, -0.05) is 13.0 Å². The predicted octanol–water partition coefficient (Wildman–Crippen LogP) is 2.24. The molecule has 3 nitrogen and oxygen atoms in total. The zero-order chi connectivity index (χ0) is 11.5. The first-order valence-corrected chi connectivity index (χ1v) is 5.03. The van der Waals surface area contributed by atoms with Crippen molar-refractivity contribution in [1.29, 1.82) is 0 Å². The van der Waals surface area contributed by atoms with Gasteiger partial charge < -0.3 is 0 Å².